The van der Waals surface area contributed by atoms with Gasteiger partial charge >= 0.3 is 0 Å². The van der Waals surface area contributed by atoms with Crippen LogP contribution in [0.5, 0.6) is 0 Å². The van der Waals surface area contributed by atoms with Crippen LogP contribution < -0.4 is 5.32 Å². The minimum atomic E-state index is -0.0988. The summed E-state index contributed by atoms with van der Waals surface area (Å²) in [6.45, 7) is 3.05. The average Bonchev–Trinajstić information content (AvgIpc) is 3.38. The summed E-state index contributed by atoms with van der Waals surface area (Å²) in [6.07, 6.45) is 7.15. The molecule has 0 aliphatic heterocycles. The van der Waals surface area contributed by atoms with Crippen molar-refractivity contribution in [1.82, 2.24) is 34.2 Å². The van der Waals surface area contributed by atoms with Crippen LogP contribution in [0.15, 0.2) is 49.1 Å². The van der Waals surface area contributed by atoms with Gasteiger partial charge in [0.05, 0.1) is 22.9 Å². The van der Waals surface area contributed by atoms with E-state index in [2.05, 4.69) is 33.0 Å². The van der Waals surface area contributed by atoms with Gasteiger partial charge < -0.3 is 9.88 Å². The number of para-hydroxylation sites is 2. The molecule has 0 bridgehead atoms. The molecule has 0 radical (unpaired) electrons. The normalized spacial score (nSPS) is 11.2. The standard InChI is InChI=1S/C18H19N7O/c1-3-24-15-7-5-4-6-14(15)22-18(24)17-20-8-9-25(17)13-10-21-23(11-13)12-16(26)19-2/h4-11H,3,12H2,1-2H3,(H,19,26). The Labute approximate surface area is 150 Å². The number of aryl methyl sites for hydroxylation is 1. The molecule has 1 amide bonds. The van der Waals surface area contributed by atoms with Crippen molar-refractivity contribution in [2.24, 2.45) is 0 Å². The number of nitrogens with zero attached hydrogens (tertiary/aromatic N) is 6. The van der Waals surface area contributed by atoms with Gasteiger partial charge in [0.1, 0.15) is 6.54 Å². The molecule has 0 aliphatic rings. The van der Waals surface area contributed by atoms with Crippen LogP contribution in [0.25, 0.3) is 28.4 Å². The Morgan fingerprint density at radius 3 is 2.88 bits per heavy atom. The van der Waals surface area contributed by atoms with E-state index >= 15 is 0 Å². The Balaban J connectivity index is 1.78. The van der Waals surface area contributed by atoms with Crippen LogP contribution in [-0.2, 0) is 17.9 Å². The molecular weight excluding hydrogens is 330 g/mol. The van der Waals surface area contributed by atoms with Crippen LogP contribution in [0.3, 0.4) is 0 Å². The van der Waals surface area contributed by atoms with Crippen molar-refractivity contribution in [3.8, 4) is 17.3 Å². The van der Waals surface area contributed by atoms with Crippen molar-refractivity contribution in [1.29, 1.82) is 0 Å². The van der Waals surface area contributed by atoms with Crippen LogP contribution in [0.1, 0.15) is 6.92 Å². The molecular formula is C18H19N7O. The number of imidazole rings is 2. The van der Waals surface area contributed by atoms with Crippen LogP contribution in [0.4, 0.5) is 0 Å². The first-order valence-corrected chi connectivity index (χ1v) is 8.43. The Kier molecular flexibility index (Phi) is 4.00. The molecule has 0 spiro atoms. The molecule has 8 heteroatoms. The lowest BCUT2D eigenvalue weighted by atomic mass is 10.3. The average molecular weight is 349 g/mol. The van der Waals surface area contributed by atoms with Gasteiger partial charge in [0, 0.05) is 32.2 Å². The number of hydrogen-bond acceptors (Lipinski definition) is 4. The van der Waals surface area contributed by atoms with Gasteiger partial charge in [0.2, 0.25) is 5.91 Å². The first-order valence-electron chi connectivity index (χ1n) is 8.43. The van der Waals surface area contributed by atoms with Crippen LogP contribution in [0, 0.1) is 0 Å². The predicted octanol–water partition coefficient (Wildman–Crippen LogP) is 1.85. The molecule has 0 saturated carbocycles. The molecule has 4 rings (SSSR count). The molecule has 132 valence electrons. The number of carbonyl (C=O) groups excluding carboxylic acids is 1. The fourth-order valence-electron chi connectivity index (χ4n) is 3.03. The summed E-state index contributed by atoms with van der Waals surface area (Å²) in [5.74, 6) is 1.44. The lowest BCUT2D eigenvalue weighted by Gasteiger charge is -2.07. The molecule has 1 aromatic carbocycles. The summed E-state index contributed by atoms with van der Waals surface area (Å²) in [4.78, 5) is 20.8. The summed E-state index contributed by atoms with van der Waals surface area (Å²) in [7, 11) is 1.61. The third kappa shape index (κ3) is 2.65. The van der Waals surface area contributed by atoms with E-state index in [0.29, 0.717) is 0 Å². The first-order chi connectivity index (χ1) is 12.7. The van der Waals surface area contributed by atoms with E-state index in [1.807, 2.05) is 35.2 Å². The molecule has 3 aromatic heterocycles. The SMILES string of the molecule is CCn1c(-c2nccn2-c2cnn(CC(=O)NC)c2)nc2ccccc21. The largest absolute Gasteiger partial charge is 0.358 e. The van der Waals surface area contributed by atoms with E-state index in [1.165, 1.54) is 0 Å². The van der Waals surface area contributed by atoms with E-state index in [-0.39, 0.29) is 12.5 Å². The van der Waals surface area contributed by atoms with Crippen molar-refractivity contribution in [2.75, 3.05) is 7.05 Å². The van der Waals surface area contributed by atoms with Crippen molar-refractivity contribution < 1.29 is 4.79 Å². The molecule has 0 aliphatic carbocycles. The second-order valence-electron chi connectivity index (χ2n) is 5.86. The zero-order valence-electron chi connectivity index (χ0n) is 14.6. The predicted molar refractivity (Wildman–Crippen MR) is 97.8 cm³/mol. The van der Waals surface area contributed by atoms with E-state index in [1.54, 1.807) is 24.1 Å². The smallest absolute Gasteiger partial charge is 0.241 e. The van der Waals surface area contributed by atoms with Crippen molar-refractivity contribution >= 4 is 16.9 Å². The molecule has 26 heavy (non-hydrogen) atoms. The number of nitrogens with one attached hydrogen (secondary N) is 1. The van der Waals surface area contributed by atoms with Crippen molar-refractivity contribution in [3.63, 3.8) is 0 Å². The third-order valence-corrected chi connectivity index (χ3v) is 4.29. The zero-order valence-corrected chi connectivity index (χ0v) is 14.6. The molecule has 0 unspecified atom stereocenters. The van der Waals surface area contributed by atoms with Gasteiger partial charge in [-0.05, 0) is 19.1 Å². The number of fused-ring (bicyclic) bond motifs is 1. The number of benzene rings is 1. The lowest BCUT2D eigenvalue weighted by Crippen LogP contribution is -2.23. The second kappa shape index (κ2) is 6.47. The molecule has 8 nitrogen and oxygen atoms in total. The van der Waals surface area contributed by atoms with Gasteiger partial charge in [-0.25, -0.2) is 9.97 Å². The molecule has 0 atom stereocenters. The Hall–Kier alpha value is -3.42. The van der Waals surface area contributed by atoms with Crippen LogP contribution in [-0.4, -0.2) is 41.8 Å². The van der Waals surface area contributed by atoms with Gasteiger partial charge in [-0.1, -0.05) is 12.1 Å². The number of amides is 1. The molecule has 0 fully saturated rings. The van der Waals surface area contributed by atoms with Crippen molar-refractivity contribution in [2.45, 2.75) is 20.0 Å². The van der Waals surface area contributed by atoms with Gasteiger partial charge in [-0.3, -0.25) is 14.0 Å². The van der Waals surface area contributed by atoms with E-state index < -0.39 is 0 Å². The molecule has 1 N–H and O–H groups in total. The second-order valence-corrected chi connectivity index (χ2v) is 5.86. The van der Waals surface area contributed by atoms with E-state index in [4.69, 9.17) is 4.98 Å². The number of likely N-dealkylation sites (N-methyl/N-ethyl adjacent to an activating group) is 1. The third-order valence-electron chi connectivity index (χ3n) is 4.29. The van der Waals surface area contributed by atoms with Crippen LogP contribution in [0.2, 0.25) is 0 Å². The maximum Gasteiger partial charge on any atom is 0.241 e. The number of hydrogen-bond donors (Lipinski definition) is 1. The van der Waals surface area contributed by atoms with E-state index in [0.717, 1.165) is 34.9 Å². The van der Waals surface area contributed by atoms with Gasteiger partial charge in [-0.15, -0.1) is 0 Å². The van der Waals surface area contributed by atoms with Gasteiger partial charge in [0.25, 0.3) is 0 Å². The lowest BCUT2D eigenvalue weighted by molar-refractivity contribution is -0.121. The quantitative estimate of drug-likeness (QED) is 0.596. The summed E-state index contributed by atoms with van der Waals surface area (Å²) in [5.41, 5.74) is 2.85. The molecule has 4 aromatic rings. The van der Waals surface area contributed by atoms with E-state index in [9.17, 15) is 4.79 Å². The highest BCUT2D eigenvalue weighted by molar-refractivity contribution is 5.79. The monoisotopic (exact) mass is 349 g/mol. The zero-order chi connectivity index (χ0) is 18.1. The number of aromatic nitrogens is 6. The number of carbonyl (C=O) groups is 1. The Morgan fingerprint density at radius 2 is 2.08 bits per heavy atom. The minimum Gasteiger partial charge on any atom is -0.358 e. The maximum absolute atomic E-state index is 11.5. The van der Waals surface area contributed by atoms with Crippen LogP contribution >= 0.6 is 0 Å². The maximum atomic E-state index is 11.5. The van der Waals surface area contributed by atoms with Gasteiger partial charge in [0.15, 0.2) is 11.6 Å². The fraction of sp³-hybridized carbons (Fsp3) is 0.222. The Bertz CT molecular complexity index is 1070. The highest BCUT2D eigenvalue weighted by Crippen LogP contribution is 2.25. The summed E-state index contributed by atoms with van der Waals surface area (Å²) in [6, 6.07) is 8.05. The first kappa shape index (κ1) is 16.1. The molecule has 3 heterocycles. The van der Waals surface area contributed by atoms with Gasteiger partial charge in [-0.2, -0.15) is 5.10 Å². The molecule has 0 saturated heterocycles. The summed E-state index contributed by atoms with van der Waals surface area (Å²) in [5, 5.41) is 6.85. The highest BCUT2D eigenvalue weighted by atomic mass is 16.1. The number of rotatable bonds is 5. The topological polar surface area (TPSA) is 82.6 Å². The Morgan fingerprint density at radius 1 is 1.23 bits per heavy atom. The minimum absolute atomic E-state index is 0.0988. The summed E-state index contributed by atoms with van der Waals surface area (Å²) >= 11 is 0. The highest BCUT2D eigenvalue weighted by Gasteiger charge is 2.17. The fourth-order valence-corrected chi connectivity index (χ4v) is 3.03. The summed E-state index contributed by atoms with van der Waals surface area (Å²) < 4.78 is 5.67. The van der Waals surface area contributed by atoms with Crippen molar-refractivity contribution in [3.05, 3.63) is 49.1 Å².